The quantitative estimate of drug-likeness (QED) is 0.243. The van der Waals surface area contributed by atoms with Crippen LogP contribution in [0.5, 0.6) is 0 Å². The average molecular weight is 194 g/mol. The Hall–Kier alpha value is -0.730. The van der Waals surface area contributed by atoms with Gasteiger partial charge in [0.15, 0.2) is 6.17 Å². The van der Waals surface area contributed by atoms with E-state index >= 15 is 0 Å². The number of aliphatic hydroxyl groups is 3. The SMILES string of the molecule is NC(NC(CO)(CO)CO)C(=O)O. The minimum absolute atomic E-state index is 0.610. The van der Waals surface area contributed by atoms with Crippen molar-refractivity contribution in [3.05, 3.63) is 0 Å². The van der Waals surface area contributed by atoms with Crippen molar-refractivity contribution < 1.29 is 25.2 Å². The van der Waals surface area contributed by atoms with Crippen LogP contribution in [0.4, 0.5) is 0 Å². The van der Waals surface area contributed by atoms with E-state index < -0.39 is 37.5 Å². The van der Waals surface area contributed by atoms with Gasteiger partial charge in [-0.1, -0.05) is 0 Å². The highest BCUT2D eigenvalue weighted by molar-refractivity contribution is 5.72. The summed E-state index contributed by atoms with van der Waals surface area (Å²) in [7, 11) is 0. The molecule has 1 atom stereocenters. The third-order valence-corrected chi connectivity index (χ3v) is 1.64. The van der Waals surface area contributed by atoms with E-state index in [2.05, 4.69) is 5.32 Å². The zero-order chi connectivity index (χ0) is 10.5. The van der Waals surface area contributed by atoms with Crippen LogP contribution in [0.2, 0.25) is 0 Å². The van der Waals surface area contributed by atoms with Crippen LogP contribution in [0.15, 0.2) is 0 Å². The Morgan fingerprint density at radius 3 is 1.92 bits per heavy atom. The Morgan fingerprint density at radius 2 is 1.69 bits per heavy atom. The van der Waals surface area contributed by atoms with Gasteiger partial charge in [-0.2, -0.15) is 0 Å². The lowest BCUT2D eigenvalue weighted by atomic mass is 10.0. The molecule has 13 heavy (non-hydrogen) atoms. The molecule has 0 saturated heterocycles. The second-order valence-electron chi connectivity index (χ2n) is 2.71. The lowest BCUT2D eigenvalue weighted by Crippen LogP contribution is -2.62. The molecule has 0 aromatic heterocycles. The number of carbonyl (C=O) groups is 1. The van der Waals surface area contributed by atoms with E-state index in [4.69, 9.17) is 26.2 Å². The van der Waals surface area contributed by atoms with E-state index in [-0.39, 0.29) is 0 Å². The van der Waals surface area contributed by atoms with Crippen LogP contribution in [0.1, 0.15) is 0 Å². The fourth-order valence-corrected chi connectivity index (χ4v) is 0.679. The summed E-state index contributed by atoms with van der Waals surface area (Å²) >= 11 is 0. The first-order valence-electron chi connectivity index (χ1n) is 3.60. The second kappa shape index (κ2) is 5.10. The highest BCUT2D eigenvalue weighted by Crippen LogP contribution is 2.01. The number of carboxylic acid groups (broad SMARTS) is 1. The smallest absolute Gasteiger partial charge is 0.335 e. The monoisotopic (exact) mass is 194 g/mol. The molecule has 7 heteroatoms. The zero-order valence-electron chi connectivity index (χ0n) is 6.97. The number of rotatable bonds is 6. The molecule has 0 spiro atoms. The largest absolute Gasteiger partial charge is 0.479 e. The molecular formula is C6H14N2O5. The summed E-state index contributed by atoms with van der Waals surface area (Å²) in [6, 6.07) is 0. The molecule has 0 saturated carbocycles. The number of aliphatic hydroxyl groups excluding tert-OH is 3. The maximum atomic E-state index is 10.3. The molecule has 0 aliphatic rings. The topological polar surface area (TPSA) is 136 Å². The first-order chi connectivity index (χ1) is 6.01. The molecule has 7 nitrogen and oxygen atoms in total. The van der Waals surface area contributed by atoms with Gasteiger partial charge in [-0.3, -0.25) is 5.32 Å². The van der Waals surface area contributed by atoms with Crippen LogP contribution in [-0.4, -0.2) is 57.9 Å². The minimum Gasteiger partial charge on any atom is -0.479 e. The third kappa shape index (κ3) is 3.25. The Balaban J connectivity index is 4.32. The zero-order valence-corrected chi connectivity index (χ0v) is 6.97. The van der Waals surface area contributed by atoms with Gasteiger partial charge in [0.2, 0.25) is 0 Å². The fourth-order valence-electron chi connectivity index (χ4n) is 0.679. The molecule has 78 valence electrons. The molecule has 0 fully saturated rings. The molecule has 1 unspecified atom stereocenters. The van der Waals surface area contributed by atoms with Gasteiger partial charge in [0.05, 0.1) is 25.4 Å². The van der Waals surface area contributed by atoms with Crippen LogP contribution in [0.25, 0.3) is 0 Å². The second-order valence-corrected chi connectivity index (χ2v) is 2.71. The van der Waals surface area contributed by atoms with Gasteiger partial charge in [0.25, 0.3) is 0 Å². The van der Waals surface area contributed by atoms with Gasteiger partial charge < -0.3 is 26.2 Å². The number of nitrogens with one attached hydrogen (secondary N) is 1. The summed E-state index contributed by atoms with van der Waals surface area (Å²) in [5.41, 5.74) is 3.62. The normalized spacial score (nSPS) is 14.2. The predicted molar refractivity (Wildman–Crippen MR) is 42.7 cm³/mol. The average Bonchev–Trinajstić information content (AvgIpc) is 2.14. The van der Waals surface area contributed by atoms with Crippen molar-refractivity contribution in [2.75, 3.05) is 19.8 Å². The van der Waals surface area contributed by atoms with Crippen molar-refractivity contribution in [1.29, 1.82) is 0 Å². The maximum Gasteiger partial charge on any atom is 0.335 e. The Labute approximate surface area is 74.8 Å². The molecule has 0 heterocycles. The summed E-state index contributed by atoms with van der Waals surface area (Å²) in [6.07, 6.45) is -1.44. The Morgan fingerprint density at radius 1 is 1.31 bits per heavy atom. The molecule has 0 bridgehead atoms. The van der Waals surface area contributed by atoms with Crippen molar-refractivity contribution >= 4 is 5.97 Å². The fraction of sp³-hybridized carbons (Fsp3) is 0.833. The summed E-state index contributed by atoms with van der Waals surface area (Å²) in [6.45, 7) is -1.83. The van der Waals surface area contributed by atoms with E-state index in [1.54, 1.807) is 0 Å². The van der Waals surface area contributed by atoms with E-state index in [0.29, 0.717) is 0 Å². The summed E-state index contributed by atoms with van der Waals surface area (Å²) in [5.74, 6) is -1.33. The summed E-state index contributed by atoms with van der Waals surface area (Å²) in [4.78, 5) is 10.3. The van der Waals surface area contributed by atoms with Gasteiger partial charge in [-0.25, -0.2) is 4.79 Å². The number of carboxylic acids is 1. The van der Waals surface area contributed by atoms with Crippen LogP contribution in [0.3, 0.4) is 0 Å². The molecule has 0 aliphatic heterocycles. The van der Waals surface area contributed by atoms with Crippen LogP contribution in [0, 0.1) is 0 Å². The molecule has 7 N–H and O–H groups in total. The van der Waals surface area contributed by atoms with Gasteiger partial charge in [0.1, 0.15) is 0 Å². The third-order valence-electron chi connectivity index (χ3n) is 1.64. The van der Waals surface area contributed by atoms with E-state index in [1.165, 1.54) is 0 Å². The lowest BCUT2D eigenvalue weighted by molar-refractivity contribution is -0.140. The minimum atomic E-state index is -1.46. The van der Waals surface area contributed by atoms with Gasteiger partial charge in [-0.15, -0.1) is 0 Å². The molecule has 0 aliphatic carbocycles. The number of hydrogen-bond donors (Lipinski definition) is 6. The van der Waals surface area contributed by atoms with Crippen molar-refractivity contribution in [3.63, 3.8) is 0 Å². The predicted octanol–water partition coefficient (Wildman–Crippen LogP) is -3.34. The lowest BCUT2D eigenvalue weighted by Gasteiger charge is -2.30. The number of hydrogen-bond acceptors (Lipinski definition) is 6. The van der Waals surface area contributed by atoms with Crippen LogP contribution < -0.4 is 11.1 Å². The van der Waals surface area contributed by atoms with Crippen molar-refractivity contribution in [1.82, 2.24) is 5.32 Å². The molecule has 0 rings (SSSR count). The van der Waals surface area contributed by atoms with Crippen molar-refractivity contribution in [2.24, 2.45) is 5.73 Å². The molecule has 0 amide bonds. The van der Waals surface area contributed by atoms with Crippen molar-refractivity contribution in [3.8, 4) is 0 Å². The van der Waals surface area contributed by atoms with E-state index in [9.17, 15) is 4.79 Å². The van der Waals surface area contributed by atoms with Gasteiger partial charge in [-0.05, 0) is 0 Å². The van der Waals surface area contributed by atoms with Gasteiger partial charge >= 0.3 is 5.97 Å². The van der Waals surface area contributed by atoms with E-state index in [0.717, 1.165) is 0 Å². The first-order valence-corrected chi connectivity index (χ1v) is 3.60. The molecule has 0 aromatic carbocycles. The summed E-state index contributed by atoms with van der Waals surface area (Å²) in [5, 5.41) is 36.9. The molecule has 0 aromatic rings. The molecular weight excluding hydrogens is 180 g/mol. The maximum absolute atomic E-state index is 10.3. The number of aliphatic carboxylic acids is 1. The number of nitrogens with two attached hydrogens (primary N) is 1. The highest BCUT2D eigenvalue weighted by atomic mass is 16.4. The van der Waals surface area contributed by atoms with Crippen LogP contribution in [-0.2, 0) is 4.79 Å². The first kappa shape index (κ1) is 12.3. The van der Waals surface area contributed by atoms with E-state index in [1.807, 2.05) is 0 Å². The molecule has 0 radical (unpaired) electrons. The van der Waals surface area contributed by atoms with Crippen LogP contribution >= 0.6 is 0 Å². The standard InChI is InChI=1S/C6H14N2O5/c7-4(5(12)13)8-6(1-9,2-10)3-11/h4,8-11H,1-3,7H2,(H,12,13). The Kier molecular flexibility index (Phi) is 4.81. The highest BCUT2D eigenvalue weighted by Gasteiger charge is 2.31. The Bertz CT molecular complexity index is 162. The summed E-state index contributed by atoms with van der Waals surface area (Å²) < 4.78 is 0. The van der Waals surface area contributed by atoms with Crippen molar-refractivity contribution in [2.45, 2.75) is 11.7 Å². The van der Waals surface area contributed by atoms with Gasteiger partial charge in [0, 0.05) is 0 Å².